The molecular formula is C22H35N7O5S. The second kappa shape index (κ2) is 16.3. The highest BCUT2D eigenvalue weighted by Crippen LogP contribution is 2.07. The van der Waals surface area contributed by atoms with E-state index in [0.29, 0.717) is 12.2 Å². The van der Waals surface area contributed by atoms with Crippen molar-refractivity contribution in [2.45, 2.75) is 43.8 Å². The Morgan fingerprint density at radius 3 is 2.17 bits per heavy atom. The number of hydrogen-bond donors (Lipinski definition) is 7. The van der Waals surface area contributed by atoms with Gasteiger partial charge in [-0.15, -0.1) is 0 Å². The lowest BCUT2D eigenvalue weighted by Crippen LogP contribution is -2.56. The fourth-order valence-corrected chi connectivity index (χ4v) is 3.59. The molecule has 0 aliphatic heterocycles. The molecule has 13 heteroatoms. The quantitative estimate of drug-likeness (QED) is 0.0785. The van der Waals surface area contributed by atoms with Gasteiger partial charge in [-0.25, -0.2) is 4.79 Å². The van der Waals surface area contributed by atoms with Crippen molar-refractivity contribution in [2.75, 3.05) is 25.1 Å². The molecule has 3 atom stereocenters. The number of aliphatic carboxylic acids is 1. The summed E-state index contributed by atoms with van der Waals surface area (Å²) < 4.78 is 0. The van der Waals surface area contributed by atoms with E-state index in [1.54, 1.807) is 0 Å². The first-order valence-corrected chi connectivity index (χ1v) is 12.5. The molecule has 0 aliphatic carbocycles. The predicted molar refractivity (Wildman–Crippen MR) is 136 cm³/mol. The van der Waals surface area contributed by atoms with Crippen molar-refractivity contribution in [3.8, 4) is 0 Å². The molecule has 35 heavy (non-hydrogen) atoms. The van der Waals surface area contributed by atoms with Crippen LogP contribution in [0.25, 0.3) is 0 Å². The SMILES string of the molecule is CSCCC(NC(=O)C(Cc1ccccc1)NC(=O)CN)C(=O)NC(CCCN=C(N)N)C(=O)O. The van der Waals surface area contributed by atoms with E-state index in [-0.39, 0.29) is 38.3 Å². The molecule has 3 amide bonds. The Bertz CT molecular complexity index is 865. The minimum Gasteiger partial charge on any atom is -0.480 e. The van der Waals surface area contributed by atoms with Gasteiger partial charge in [-0.3, -0.25) is 19.4 Å². The number of thioether (sulfide) groups is 1. The van der Waals surface area contributed by atoms with Crippen molar-refractivity contribution in [3.05, 3.63) is 35.9 Å². The molecule has 10 N–H and O–H groups in total. The molecule has 1 rings (SSSR count). The van der Waals surface area contributed by atoms with Gasteiger partial charge in [-0.2, -0.15) is 11.8 Å². The Labute approximate surface area is 208 Å². The van der Waals surface area contributed by atoms with Gasteiger partial charge in [0.05, 0.1) is 6.54 Å². The highest BCUT2D eigenvalue weighted by Gasteiger charge is 2.29. The van der Waals surface area contributed by atoms with Crippen LogP contribution in [0, 0.1) is 0 Å². The Kier molecular flexibility index (Phi) is 13.9. The number of nitrogens with one attached hydrogen (secondary N) is 3. The third-order valence-electron chi connectivity index (χ3n) is 4.92. The van der Waals surface area contributed by atoms with Crippen molar-refractivity contribution in [2.24, 2.45) is 22.2 Å². The van der Waals surface area contributed by atoms with Gasteiger partial charge in [0.15, 0.2) is 5.96 Å². The molecule has 0 aromatic heterocycles. The monoisotopic (exact) mass is 509 g/mol. The molecule has 1 aromatic carbocycles. The van der Waals surface area contributed by atoms with E-state index in [4.69, 9.17) is 17.2 Å². The van der Waals surface area contributed by atoms with E-state index in [0.717, 1.165) is 5.56 Å². The zero-order chi connectivity index (χ0) is 26.2. The molecule has 0 aliphatic rings. The van der Waals surface area contributed by atoms with Crippen LogP contribution in [-0.2, 0) is 25.6 Å². The second-order valence-electron chi connectivity index (χ2n) is 7.70. The van der Waals surface area contributed by atoms with Crippen LogP contribution in [0.3, 0.4) is 0 Å². The number of nitrogens with two attached hydrogens (primary N) is 3. The van der Waals surface area contributed by atoms with E-state index in [1.807, 2.05) is 36.6 Å². The Hall–Kier alpha value is -3.32. The highest BCUT2D eigenvalue weighted by atomic mass is 32.2. The Balaban J connectivity index is 2.93. The fraction of sp³-hybridized carbons (Fsp3) is 0.500. The molecule has 1 aromatic rings. The van der Waals surface area contributed by atoms with Crippen molar-refractivity contribution in [3.63, 3.8) is 0 Å². The van der Waals surface area contributed by atoms with Crippen LogP contribution in [0.15, 0.2) is 35.3 Å². The number of guanidine groups is 1. The topological polar surface area (TPSA) is 215 Å². The predicted octanol–water partition coefficient (Wildman–Crippen LogP) is -1.47. The summed E-state index contributed by atoms with van der Waals surface area (Å²) in [6, 6.07) is 5.93. The number of rotatable bonds is 16. The van der Waals surface area contributed by atoms with Crippen LogP contribution >= 0.6 is 11.8 Å². The van der Waals surface area contributed by atoms with Crippen LogP contribution < -0.4 is 33.2 Å². The molecule has 0 spiro atoms. The molecule has 0 bridgehead atoms. The van der Waals surface area contributed by atoms with Gasteiger partial charge < -0.3 is 38.3 Å². The molecular weight excluding hydrogens is 474 g/mol. The second-order valence-corrected chi connectivity index (χ2v) is 8.69. The van der Waals surface area contributed by atoms with Gasteiger partial charge in [-0.1, -0.05) is 30.3 Å². The van der Waals surface area contributed by atoms with E-state index >= 15 is 0 Å². The zero-order valence-corrected chi connectivity index (χ0v) is 20.6. The van der Waals surface area contributed by atoms with Gasteiger partial charge in [0.25, 0.3) is 0 Å². The Morgan fingerprint density at radius 2 is 1.60 bits per heavy atom. The maximum Gasteiger partial charge on any atom is 0.326 e. The number of amides is 3. The highest BCUT2D eigenvalue weighted by molar-refractivity contribution is 7.98. The van der Waals surface area contributed by atoms with E-state index in [9.17, 15) is 24.3 Å². The number of nitrogens with zero attached hydrogens (tertiary/aromatic N) is 1. The largest absolute Gasteiger partial charge is 0.480 e. The molecule has 0 heterocycles. The summed E-state index contributed by atoms with van der Waals surface area (Å²) in [7, 11) is 0. The van der Waals surface area contributed by atoms with Gasteiger partial charge >= 0.3 is 5.97 Å². The summed E-state index contributed by atoms with van der Waals surface area (Å²) in [6.07, 6.45) is 2.74. The molecule has 0 saturated heterocycles. The van der Waals surface area contributed by atoms with E-state index < -0.39 is 41.8 Å². The van der Waals surface area contributed by atoms with Crippen LogP contribution in [0.2, 0.25) is 0 Å². The number of hydrogen-bond acceptors (Lipinski definition) is 7. The molecule has 0 fully saturated rings. The fourth-order valence-electron chi connectivity index (χ4n) is 3.12. The van der Waals surface area contributed by atoms with Crippen LogP contribution in [0.1, 0.15) is 24.8 Å². The van der Waals surface area contributed by atoms with Crippen LogP contribution in [-0.4, -0.2) is 78.0 Å². The number of aliphatic imine (C=N–C) groups is 1. The lowest BCUT2D eigenvalue weighted by atomic mass is 10.0. The third kappa shape index (κ3) is 12.1. The number of carbonyl (C=O) groups excluding carboxylic acids is 3. The van der Waals surface area contributed by atoms with E-state index in [1.165, 1.54) is 11.8 Å². The van der Waals surface area contributed by atoms with E-state index in [2.05, 4.69) is 20.9 Å². The third-order valence-corrected chi connectivity index (χ3v) is 5.57. The summed E-state index contributed by atoms with van der Waals surface area (Å²) in [4.78, 5) is 53.3. The van der Waals surface area contributed by atoms with Gasteiger partial charge in [0, 0.05) is 13.0 Å². The standard InChI is InChI=1S/C22H35N7O5S/c1-35-11-9-15(19(31)29-16(21(33)34)8-5-10-26-22(24)25)28-20(32)17(27-18(30)13-23)12-14-6-3-2-4-7-14/h2-4,6-7,15-17H,5,8-13,23H2,1H3,(H,27,30)(H,28,32)(H,29,31)(H,33,34)(H4,24,25,26). The number of benzene rings is 1. The van der Waals surface area contributed by atoms with Crippen molar-refractivity contribution < 1.29 is 24.3 Å². The molecule has 0 radical (unpaired) electrons. The Morgan fingerprint density at radius 1 is 0.971 bits per heavy atom. The molecule has 12 nitrogen and oxygen atoms in total. The van der Waals surface area contributed by atoms with Crippen LogP contribution in [0.4, 0.5) is 0 Å². The maximum absolute atomic E-state index is 13.1. The smallest absolute Gasteiger partial charge is 0.326 e. The number of carboxylic acid groups (broad SMARTS) is 1. The van der Waals surface area contributed by atoms with Gasteiger partial charge in [0.1, 0.15) is 18.1 Å². The van der Waals surface area contributed by atoms with Crippen LogP contribution in [0.5, 0.6) is 0 Å². The number of carbonyl (C=O) groups is 4. The molecule has 0 saturated carbocycles. The summed E-state index contributed by atoms with van der Waals surface area (Å²) in [6.45, 7) is -0.0776. The first kappa shape index (κ1) is 29.7. The lowest BCUT2D eigenvalue weighted by Gasteiger charge is -2.24. The van der Waals surface area contributed by atoms with Gasteiger partial charge in [0.2, 0.25) is 17.7 Å². The average Bonchev–Trinajstić information content (AvgIpc) is 2.83. The molecule has 3 unspecified atom stereocenters. The summed E-state index contributed by atoms with van der Waals surface area (Å²) >= 11 is 1.47. The summed E-state index contributed by atoms with van der Waals surface area (Å²) in [5, 5.41) is 17.2. The maximum atomic E-state index is 13.1. The zero-order valence-electron chi connectivity index (χ0n) is 19.7. The normalized spacial score (nSPS) is 13.1. The lowest BCUT2D eigenvalue weighted by molar-refractivity contribution is -0.142. The van der Waals surface area contributed by atoms with Gasteiger partial charge in [-0.05, 0) is 36.8 Å². The van der Waals surface area contributed by atoms with Crippen molar-refractivity contribution in [1.29, 1.82) is 0 Å². The van der Waals surface area contributed by atoms with Crippen molar-refractivity contribution >= 4 is 41.4 Å². The minimum absolute atomic E-state index is 0.101. The first-order chi connectivity index (χ1) is 16.7. The molecule has 194 valence electrons. The summed E-state index contributed by atoms with van der Waals surface area (Å²) in [5.74, 6) is -2.50. The number of carboxylic acids is 1. The summed E-state index contributed by atoms with van der Waals surface area (Å²) in [5.41, 5.74) is 16.7. The minimum atomic E-state index is -1.21. The first-order valence-electron chi connectivity index (χ1n) is 11.1. The van der Waals surface area contributed by atoms with Crippen molar-refractivity contribution in [1.82, 2.24) is 16.0 Å². The average molecular weight is 510 g/mol.